The van der Waals surface area contributed by atoms with Gasteiger partial charge in [-0.05, 0) is 30.0 Å². The van der Waals surface area contributed by atoms with E-state index in [1.807, 2.05) is 36.6 Å². The number of carbonyl (C=O) groups excluding carboxylic acids is 1. The van der Waals surface area contributed by atoms with Gasteiger partial charge in [0.2, 0.25) is 5.78 Å². The highest BCUT2D eigenvalue weighted by atomic mass is 32.1. The standard InChI is InChI=1S/C14H11NOS/c1-9-4-5-10-11(8-15-12(10)7-9)14(16)13-3-2-6-17-13/h2-8,15H,1H3. The molecule has 3 rings (SSSR count). The van der Waals surface area contributed by atoms with E-state index in [2.05, 4.69) is 11.1 Å². The van der Waals surface area contributed by atoms with Gasteiger partial charge in [-0.2, -0.15) is 0 Å². The van der Waals surface area contributed by atoms with Gasteiger partial charge >= 0.3 is 0 Å². The number of H-pyrrole nitrogens is 1. The third-order valence-corrected chi connectivity index (χ3v) is 3.70. The highest BCUT2D eigenvalue weighted by Crippen LogP contribution is 2.23. The van der Waals surface area contributed by atoms with Crippen LogP contribution >= 0.6 is 11.3 Å². The van der Waals surface area contributed by atoms with Crippen LogP contribution in [0.4, 0.5) is 0 Å². The first-order valence-electron chi connectivity index (χ1n) is 5.41. The first-order valence-corrected chi connectivity index (χ1v) is 6.29. The summed E-state index contributed by atoms with van der Waals surface area (Å²) in [6, 6.07) is 9.85. The molecule has 1 aromatic carbocycles. The second-order valence-electron chi connectivity index (χ2n) is 4.06. The second kappa shape index (κ2) is 3.86. The molecule has 2 nitrogen and oxygen atoms in total. The molecule has 0 aliphatic rings. The Kier molecular flexibility index (Phi) is 2.34. The van der Waals surface area contributed by atoms with Crippen LogP contribution < -0.4 is 0 Å². The van der Waals surface area contributed by atoms with E-state index in [0.29, 0.717) is 0 Å². The number of aryl methyl sites for hydroxylation is 1. The van der Waals surface area contributed by atoms with Gasteiger partial charge in [-0.25, -0.2) is 0 Å². The van der Waals surface area contributed by atoms with E-state index in [4.69, 9.17) is 0 Å². The molecule has 0 fully saturated rings. The number of thiophene rings is 1. The molecule has 0 amide bonds. The van der Waals surface area contributed by atoms with E-state index in [9.17, 15) is 4.79 Å². The second-order valence-corrected chi connectivity index (χ2v) is 5.01. The fourth-order valence-corrected chi connectivity index (χ4v) is 2.65. The fourth-order valence-electron chi connectivity index (χ4n) is 1.97. The van der Waals surface area contributed by atoms with Gasteiger partial charge in [-0.15, -0.1) is 11.3 Å². The molecule has 0 unspecified atom stereocenters. The summed E-state index contributed by atoms with van der Waals surface area (Å²) in [5, 5.41) is 2.92. The van der Waals surface area contributed by atoms with Crippen molar-refractivity contribution in [3.05, 3.63) is 57.9 Å². The monoisotopic (exact) mass is 241 g/mol. The molecule has 2 heterocycles. The minimum Gasteiger partial charge on any atom is -0.360 e. The normalized spacial score (nSPS) is 10.9. The van der Waals surface area contributed by atoms with Gasteiger partial charge in [0.15, 0.2) is 0 Å². The van der Waals surface area contributed by atoms with Crippen molar-refractivity contribution in [3.63, 3.8) is 0 Å². The van der Waals surface area contributed by atoms with Gasteiger partial charge in [-0.3, -0.25) is 4.79 Å². The molecule has 0 spiro atoms. The molecule has 3 aromatic rings. The van der Waals surface area contributed by atoms with E-state index in [1.165, 1.54) is 16.9 Å². The van der Waals surface area contributed by atoms with Gasteiger partial charge in [0.1, 0.15) is 0 Å². The average Bonchev–Trinajstić information content (AvgIpc) is 2.96. The van der Waals surface area contributed by atoms with Crippen LogP contribution in [0.25, 0.3) is 10.9 Å². The molecule has 0 aliphatic heterocycles. The number of nitrogens with one attached hydrogen (secondary N) is 1. The minimum absolute atomic E-state index is 0.0927. The quantitative estimate of drug-likeness (QED) is 0.681. The summed E-state index contributed by atoms with van der Waals surface area (Å²) in [5.41, 5.74) is 2.96. The van der Waals surface area contributed by atoms with Crippen molar-refractivity contribution in [3.8, 4) is 0 Å². The molecule has 17 heavy (non-hydrogen) atoms. The van der Waals surface area contributed by atoms with E-state index in [0.717, 1.165) is 21.3 Å². The zero-order valence-electron chi connectivity index (χ0n) is 9.36. The van der Waals surface area contributed by atoms with Crippen LogP contribution in [0.2, 0.25) is 0 Å². The smallest absolute Gasteiger partial charge is 0.205 e. The molecule has 0 saturated carbocycles. The highest BCUT2D eigenvalue weighted by molar-refractivity contribution is 7.12. The first kappa shape index (κ1) is 10.3. The van der Waals surface area contributed by atoms with E-state index >= 15 is 0 Å². The highest BCUT2D eigenvalue weighted by Gasteiger charge is 2.14. The van der Waals surface area contributed by atoms with Crippen LogP contribution in [0.5, 0.6) is 0 Å². The van der Waals surface area contributed by atoms with Crippen LogP contribution in [0.3, 0.4) is 0 Å². The first-order chi connectivity index (χ1) is 8.25. The maximum absolute atomic E-state index is 12.3. The molecule has 0 aliphatic carbocycles. The predicted molar refractivity (Wildman–Crippen MR) is 70.8 cm³/mol. The van der Waals surface area contributed by atoms with Crippen LogP contribution in [-0.2, 0) is 0 Å². The molecule has 3 heteroatoms. The Morgan fingerprint density at radius 1 is 1.29 bits per heavy atom. The van der Waals surface area contributed by atoms with Gasteiger partial charge in [0.05, 0.1) is 4.88 Å². The van der Waals surface area contributed by atoms with Crippen molar-refractivity contribution in [2.45, 2.75) is 6.92 Å². The van der Waals surface area contributed by atoms with Crippen LogP contribution in [0, 0.1) is 6.92 Å². The molecule has 2 aromatic heterocycles. The van der Waals surface area contributed by atoms with Crippen molar-refractivity contribution < 1.29 is 4.79 Å². The number of hydrogen-bond donors (Lipinski definition) is 1. The summed E-state index contributed by atoms with van der Waals surface area (Å²) < 4.78 is 0. The zero-order chi connectivity index (χ0) is 11.8. The number of aromatic amines is 1. The maximum atomic E-state index is 12.3. The largest absolute Gasteiger partial charge is 0.360 e. The lowest BCUT2D eigenvalue weighted by Gasteiger charge is -1.97. The lowest BCUT2D eigenvalue weighted by Crippen LogP contribution is -1.96. The number of carbonyl (C=O) groups is 1. The van der Waals surface area contributed by atoms with Crippen LogP contribution in [0.1, 0.15) is 20.8 Å². The number of hydrogen-bond acceptors (Lipinski definition) is 2. The molecule has 0 bridgehead atoms. The Labute approximate surface area is 103 Å². The summed E-state index contributed by atoms with van der Waals surface area (Å²) in [6.07, 6.45) is 1.80. The van der Waals surface area contributed by atoms with Crippen molar-refractivity contribution in [1.29, 1.82) is 0 Å². The molecule has 0 saturated heterocycles. The summed E-state index contributed by atoms with van der Waals surface area (Å²) in [5.74, 6) is 0.0927. The van der Waals surface area contributed by atoms with Gasteiger partial charge in [-0.1, -0.05) is 18.2 Å². The number of ketones is 1. The Morgan fingerprint density at radius 2 is 2.18 bits per heavy atom. The van der Waals surface area contributed by atoms with Crippen molar-refractivity contribution in [1.82, 2.24) is 4.98 Å². The summed E-state index contributed by atoms with van der Waals surface area (Å²) in [6.45, 7) is 2.04. The number of rotatable bonds is 2. The summed E-state index contributed by atoms with van der Waals surface area (Å²) in [7, 11) is 0. The van der Waals surface area contributed by atoms with Crippen LogP contribution in [-0.4, -0.2) is 10.8 Å². The lowest BCUT2D eigenvalue weighted by molar-refractivity contribution is 0.104. The van der Waals surface area contributed by atoms with Crippen molar-refractivity contribution >= 4 is 28.0 Å². The van der Waals surface area contributed by atoms with E-state index < -0.39 is 0 Å². The van der Waals surface area contributed by atoms with Gasteiger partial charge in [0, 0.05) is 22.7 Å². The number of aromatic nitrogens is 1. The SMILES string of the molecule is Cc1ccc2c(C(=O)c3cccs3)c[nH]c2c1. The van der Waals surface area contributed by atoms with E-state index in [-0.39, 0.29) is 5.78 Å². The Morgan fingerprint density at radius 3 is 2.94 bits per heavy atom. The molecule has 1 N–H and O–H groups in total. The Hall–Kier alpha value is -1.87. The van der Waals surface area contributed by atoms with E-state index in [1.54, 1.807) is 6.20 Å². The Balaban J connectivity index is 2.15. The molecule has 0 radical (unpaired) electrons. The predicted octanol–water partition coefficient (Wildman–Crippen LogP) is 3.77. The van der Waals surface area contributed by atoms with Crippen LogP contribution in [0.15, 0.2) is 41.9 Å². The zero-order valence-corrected chi connectivity index (χ0v) is 10.2. The molecular formula is C14H11NOS. The van der Waals surface area contributed by atoms with Gasteiger partial charge in [0.25, 0.3) is 0 Å². The van der Waals surface area contributed by atoms with Gasteiger partial charge < -0.3 is 4.98 Å². The number of benzene rings is 1. The lowest BCUT2D eigenvalue weighted by atomic mass is 10.1. The van der Waals surface area contributed by atoms with Crippen molar-refractivity contribution in [2.75, 3.05) is 0 Å². The topological polar surface area (TPSA) is 32.9 Å². The average molecular weight is 241 g/mol. The van der Waals surface area contributed by atoms with Crippen molar-refractivity contribution in [2.24, 2.45) is 0 Å². The summed E-state index contributed by atoms with van der Waals surface area (Å²) in [4.78, 5) is 16.2. The minimum atomic E-state index is 0.0927. The molecular weight excluding hydrogens is 230 g/mol. The molecule has 0 atom stereocenters. The summed E-state index contributed by atoms with van der Waals surface area (Å²) >= 11 is 1.48. The third-order valence-electron chi connectivity index (χ3n) is 2.83. The third kappa shape index (κ3) is 1.68. The fraction of sp³-hybridized carbons (Fsp3) is 0.0714. The maximum Gasteiger partial charge on any atom is 0.205 e. The molecule has 84 valence electrons. The number of fused-ring (bicyclic) bond motifs is 1. The Bertz CT molecular complexity index is 679.